The SMILES string of the molecule is Cc1cc(C(N)=S)ccc1S(=O)(=O)N(C)C(C)CO. The van der Waals surface area contributed by atoms with E-state index in [1.807, 2.05) is 0 Å². The molecule has 1 unspecified atom stereocenters. The Labute approximate surface area is 119 Å². The quantitative estimate of drug-likeness (QED) is 0.780. The lowest BCUT2D eigenvalue weighted by molar-refractivity contribution is 0.214. The number of nitrogens with zero attached hydrogens (tertiary/aromatic N) is 1. The van der Waals surface area contributed by atoms with Gasteiger partial charge in [0, 0.05) is 18.7 Å². The van der Waals surface area contributed by atoms with Gasteiger partial charge in [0.15, 0.2) is 0 Å². The van der Waals surface area contributed by atoms with Crippen molar-refractivity contribution in [2.45, 2.75) is 24.8 Å². The Bertz CT molecular complexity index is 585. The fourth-order valence-electron chi connectivity index (χ4n) is 1.60. The van der Waals surface area contributed by atoms with E-state index in [0.717, 1.165) is 4.31 Å². The summed E-state index contributed by atoms with van der Waals surface area (Å²) < 4.78 is 25.9. The summed E-state index contributed by atoms with van der Waals surface area (Å²) in [5.41, 5.74) is 6.71. The third kappa shape index (κ3) is 3.30. The molecule has 0 saturated heterocycles. The van der Waals surface area contributed by atoms with Crippen molar-refractivity contribution in [1.29, 1.82) is 0 Å². The largest absolute Gasteiger partial charge is 0.395 e. The molecule has 106 valence electrons. The number of hydrogen-bond acceptors (Lipinski definition) is 4. The van der Waals surface area contributed by atoms with E-state index in [1.165, 1.54) is 13.1 Å². The van der Waals surface area contributed by atoms with Crippen LogP contribution >= 0.6 is 12.2 Å². The minimum absolute atomic E-state index is 0.190. The molecule has 0 aliphatic rings. The summed E-state index contributed by atoms with van der Waals surface area (Å²) in [7, 11) is -2.19. The first-order valence-electron chi connectivity index (χ1n) is 5.71. The van der Waals surface area contributed by atoms with Crippen molar-refractivity contribution in [2.24, 2.45) is 5.73 Å². The summed E-state index contributed by atoms with van der Waals surface area (Å²) in [6.45, 7) is 3.09. The highest BCUT2D eigenvalue weighted by Crippen LogP contribution is 2.21. The van der Waals surface area contributed by atoms with Crippen LogP contribution in [-0.2, 0) is 10.0 Å². The van der Waals surface area contributed by atoms with Crippen LogP contribution in [0.4, 0.5) is 0 Å². The molecule has 0 aliphatic heterocycles. The third-order valence-corrected chi connectivity index (χ3v) is 5.37. The second-order valence-electron chi connectivity index (χ2n) is 4.40. The lowest BCUT2D eigenvalue weighted by atomic mass is 10.1. The van der Waals surface area contributed by atoms with Crippen LogP contribution in [0.15, 0.2) is 23.1 Å². The maximum atomic E-state index is 12.4. The molecule has 1 atom stereocenters. The number of rotatable bonds is 5. The van der Waals surface area contributed by atoms with Crippen LogP contribution in [0.25, 0.3) is 0 Å². The second-order valence-corrected chi connectivity index (χ2v) is 6.80. The lowest BCUT2D eigenvalue weighted by Crippen LogP contribution is -2.37. The zero-order valence-corrected chi connectivity index (χ0v) is 12.8. The van der Waals surface area contributed by atoms with Crippen LogP contribution in [-0.4, -0.2) is 42.5 Å². The number of aliphatic hydroxyl groups excluding tert-OH is 1. The number of aliphatic hydroxyl groups is 1. The second kappa shape index (κ2) is 5.96. The van der Waals surface area contributed by atoms with E-state index in [2.05, 4.69) is 0 Å². The van der Waals surface area contributed by atoms with Crippen molar-refractivity contribution in [1.82, 2.24) is 4.31 Å². The van der Waals surface area contributed by atoms with Gasteiger partial charge in [-0.05, 0) is 31.5 Å². The molecule has 7 heteroatoms. The molecule has 0 bridgehead atoms. The Kier molecular flexibility index (Phi) is 5.03. The molecule has 0 aliphatic carbocycles. The minimum Gasteiger partial charge on any atom is -0.395 e. The standard InChI is InChI=1S/C12H18N2O3S2/c1-8-6-10(12(13)18)4-5-11(8)19(16,17)14(3)9(2)7-15/h4-6,9,15H,7H2,1-3H3,(H2,13,18). The van der Waals surface area contributed by atoms with Gasteiger partial charge in [0.25, 0.3) is 0 Å². The van der Waals surface area contributed by atoms with Gasteiger partial charge in [0.05, 0.1) is 11.5 Å². The Morgan fingerprint density at radius 3 is 2.53 bits per heavy atom. The molecule has 0 fully saturated rings. The lowest BCUT2D eigenvalue weighted by Gasteiger charge is -2.23. The first-order valence-corrected chi connectivity index (χ1v) is 7.56. The molecule has 1 aromatic rings. The highest BCUT2D eigenvalue weighted by Gasteiger charge is 2.26. The predicted molar refractivity (Wildman–Crippen MR) is 78.6 cm³/mol. The molecule has 1 rings (SSSR count). The Balaban J connectivity index is 3.27. The monoisotopic (exact) mass is 302 g/mol. The van der Waals surface area contributed by atoms with Gasteiger partial charge in [-0.3, -0.25) is 0 Å². The van der Waals surface area contributed by atoms with E-state index in [-0.39, 0.29) is 16.5 Å². The zero-order chi connectivity index (χ0) is 14.8. The average Bonchev–Trinajstić information content (AvgIpc) is 2.36. The topological polar surface area (TPSA) is 83.6 Å². The normalized spacial score (nSPS) is 13.5. The fraction of sp³-hybridized carbons (Fsp3) is 0.417. The van der Waals surface area contributed by atoms with Crippen molar-refractivity contribution >= 4 is 27.2 Å². The van der Waals surface area contributed by atoms with Crippen LogP contribution in [0.1, 0.15) is 18.1 Å². The van der Waals surface area contributed by atoms with E-state index in [1.54, 1.807) is 26.0 Å². The van der Waals surface area contributed by atoms with Crippen LogP contribution < -0.4 is 5.73 Å². The number of nitrogens with two attached hydrogens (primary N) is 1. The number of aryl methyl sites for hydroxylation is 1. The number of sulfonamides is 1. The highest BCUT2D eigenvalue weighted by atomic mass is 32.2. The summed E-state index contributed by atoms with van der Waals surface area (Å²) in [6, 6.07) is 4.23. The third-order valence-electron chi connectivity index (χ3n) is 3.00. The van der Waals surface area contributed by atoms with E-state index in [0.29, 0.717) is 11.1 Å². The molecule has 0 amide bonds. The van der Waals surface area contributed by atoms with Gasteiger partial charge in [0.1, 0.15) is 4.99 Å². The van der Waals surface area contributed by atoms with E-state index < -0.39 is 16.1 Å². The molecule has 0 heterocycles. The molecule has 1 aromatic carbocycles. The molecule has 3 N–H and O–H groups in total. The predicted octanol–water partition coefficient (Wildman–Crippen LogP) is 0.631. The number of hydrogen-bond donors (Lipinski definition) is 2. The molecule has 0 radical (unpaired) electrons. The van der Waals surface area contributed by atoms with Gasteiger partial charge in [0.2, 0.25) is 10.0 Å². The Morgan fingerprint density at radius 2 is 2.11 bits per heavy atom. The first kappa shape index (κ1) is 16.0. The van der Waals surface area contributed by atoms with Gasteiger partial charge < -0.3 is 10.8 Å². The minimum atomic E-state index is -3.63. The summed E-state index contributed by atoms with van der Waals surface area (Å²) in [6.07, 6.45) is 0. The molecule has 0 saturated carbocycles. The summed E-state index contributed by atoms with van der Waals surface area (Å²) in [4.78, 5) is 0.416. The maximum absolute atomic E-state index is 12.4. The van der Waals surface area contributed by atoms with Gasteiger partial charge >= 0.3 is 0 Å². The van der Waals surface area contributed by atoms with E-state index in [9.17, 15) is 8.42 Å². The molecular weight excluding hydrogens is 284 g/mol. The molecule has 0 aromatic heterocycles. The van der Waals surface area contributed by atoms with Crippen LogP contribution in [0.5, 0.6) is 0 Å². The Morgan fingerprint density at radius 1 is 1.53 bits per heavy atom. The van der Waals surface area contributed by atoms with Gasteiger partial charge in [-0.1, -0.05) is 18.3 Å². The van der Waals surface area contributed by atoms with Crippen molar-refractivity contribution in [3.63, 3.8) is 0 Å². The Hall–Kier alpha value is -1.02. The van der Waals surface area contributed by atoms with Crippen molar-refractivity contribution < 1.29 is 13.5 Å². The fourth-order valence-corrected chi connectivity index (χ4v) is 3.28. The smallest absolute Gasteiger partial charge is 0.243 e. The van der Waals surface area contributed by atoms with Gasteiger partial charge in [-0.2, -0.15) is 4.31 Å². The molecule has 5 nitrogen and oxygen atoms in total. The van der Waals surface area contributed by atoms with Crippen molar-refractivity contribution in [3.8, 4) is 0 Å². The van der Waals surface area contributed by atoms with Crippen molar-refractivity contribution in [3.05, 3.63) is 29.3 Å². The average molecular weight is 302 g/mol. The van der Waals surface area contributed by atoms with E-state index >= 15 is 0 Å². The van der Waals surface area contributed by atoms with Crippen LogP contribution in [0, 0.1) is 6.92 Å². The van der Waals surface area contributed by atoms with Gasteiger partial charge in [-0.25, -0.2) is 8.42 Å². The van der Waals surface area contributed by atoms with Gasteiger partial charge in [-0.15, -0.1) is 0 Å². The van der Waals surface area contributed by atoms with Crippen LogP contribution in [0.2, 0.25) is 0 Å². The number of benzene rings is 1. The summed E-state index contributed by atoms with van der Waals surface area (Å²) >= 11 is 4.86. The number of likely N-dealkylation sites (N-methyl/N-ethyl adjacent to an activating group) is 1. The molecule has 19 heavy (non-hydrogen) atoms. The number of thiocarbonyl (C=S) groups is 1. The maximum Gasteiger partial charge on any atom is 0.243 e. The zero-order valence-electron chi connectivity index (χ0n) is 11.1. The van der Waals surface area contributed by atoms with Crippen LogP contribution in [0.3, 0.4) is 0 Å². The van der Waals surface area contributed by atoms with E-state index in [4.69, 9.17) is 23.1 Å². The molecular formula is C12H18N2O3S2. The van der Waals surface area contributed by atoms with Crippen molar-refractivity contribution in [2.75, 3.05) is 13.7 Å². The summed E-state index contributed by atoms with van der Waals surface area (Å²) in [5.74, 6) is 0. The first-order chi connectivity index (χ1) is 8.71. The summed E-state index contributed by atoms with van der Waals surface area (Å²) in [5, 5.41) is 9.06. The highest BCUT2D eigenvalue weighted by molar-refractivity contribution is 7.89. The molecule has 0 spiro atoms.